The second kappa shape index (κ2) is 4.95. The molecule has 15 heavy (non-hydrogen) atoms. The first-order valence-electron chi connectivity index (χ1n) is 5.40. The highest BCUT2D eigenvalue weighted by molar-refractivity contribution is 6.30. The minimum Gasteiger partial charge on any atom is -0.317 e. The first-order chi connectivity index (χ1) is 7.25. The van der Waals surface area contributed by atoms with Crippen molar-refractivity contribution in [2.45, 2.75) is 19.3 Å². The van der Waals surface area contributed by atoms with Crippen LogP contribution in [0.2, 0.25) is 5.02 Å². The summed E-state index contributed by atoms with van der Waals surface area (Å²) < 4.78 is 13.5. The Labute approximate surface area is 94.6 Å². The fourth-order valence-corrected chi connectivity index (χ4v) is 2.24. The summed E-state index contributed by atoms with van der Waals surface area (Å²) in [4.78, 5) is 0. The van der Waals surface area contributed by atoms with Gasteiger partial charge in [-0.1, -0.05) is 17.7 Å². The molecular weight excluding hydrogens is 213 g/mol. The molecule has 1 aromatic rings. The predicted octanol–water partition coefficient (Wildman–Crippen LogP) is 3.02. The van der Waals surface area contributed by atoms with Crippen LogP contribution in [0.1, 0.15) is 18.4 Å². The van der Waals surface area contributed by atoms with Crippen molar-refractivity contribution in [3.63, 3.8) is 0 Å². The van der Waals surface area contributed by atoms with Crippen LogP contribution in [0.4, 0.5) is 4.39 Å². The Kier molecular flexibility index (Phi) is 3.60. The molecule has 0 atom stereocenters. The van der Waals surface area contributed by atoms with Crippen LogP contribution in [0.5, 0.6) is 0 Å². The zero-order valence-electron chi connectivity index (χ0n) is 8.60. The van der Waals surface area contributed by atoms with Crippen LogP contribution in [-0.4, -0.2) is 13.1 Å². The molecule has 1 saturated heterocycles. The molecule has 0 bridgehead atoms. The molecule has 0 saturated carbocycles. The minimum atomic E-state index is -0.166. The lowest BCUT2D eigenvalue weighted by molar-refractivity contribution is 0.368. The smallest absolute Gasteiger partial charge is 0.127 e. The Morgan fingerprint density at radius 3 is 2.73 bits per heavy atom. The van der Waals surface area contributed by atoms with Gasteiger partial charge in [-0.05, 0) is 56.0 Å². The van der Waals surface area contributed by atoms with Crippen molar-refractivity contribution in [1.82, 2.24) is 5.32 Å². The van der Waals surface area contributed by atoms with E-state index in [1.165, 1.54) is 6.07 Å². The molecule has 0 amide bonds. The number of nitrogens with one attached hydrogen (secondary N) is 1. The van der Waals surface area contributed by atoms with Crippen LogP contribution in [0, 0.1) is 11.7 Å². The van der Waals surface area contributed by atoms with Gasteiger partial charge in [0.2, 0.25) is 0 Å². The highest BCUT2D eigenvalue weighted by atomic mass is 35.5. The summed E-state index contributed by atoms with van der Waals surface area (Å²) in [6, 6.07) is 4.97. The first-order valence-corrected chi connectivity index (χ1v) is 5.78. The lowest BCUT2D eigenvalue weighted by atomic mass is 9.91. The molecule has 2 rings (SSSR count). The average molecular weight is 228 g/mol. The summed E-state index contributed by atoms with van der Waals surface area (Å²) in [6.45, 7) is 2.11. The van der Waals surface area contributed by atoms with Crippen LogP contribution in [0.3, 0.4) is 0 Å². The van der Waals surface area contributed by atoms with Gasteiger partial charge in [0.1, 0.15) is 5.82 Å². The lowest BCUT2D eigenvalue weighted by Gasteiger charge is -2.22. The highest BCUT2D eigenvalue weighted by Gasteiger charge is 2.15. The van der Waals surface area contributed by atoms with Gasteiger partial charge in [-0.25, -0.2) is 4.39 Å². The molecule has 1 nitrogen and oxygen atoms in total. The third-order valence-corrected chi connectivity index (χ3v) is 3.22. The van der Waals surface area contributed by atoms with Gasteiger partial charge < -0.3 is 5.32 Å². The van der Waals surface area contributed by atoms with Crippen LogP contribution in [0.25, 0.3) is 0 Å². The Morgan fingerprint density at radius 1 is 1.33 bits per heavy atom. The van der Waals surface area contributed by atoms with E-state index in [1.807, 2.05) is 0 Å². The van der Waals surface area contributed by atoms with E-state index in [2.05, 4.69) is 5.32 Å². The van der Waals surface area contributed by atoms with Gasteiger partial charge in [-0.15, -0.1) is 0 Å². The van der Waals surface area contributed by atoms with Crippen molar-refractivity contribution in [1.29, 1.82) is 0 Å². The summed E-state index contributed by atoms with van der Waals surface area (Å²) in [5, 5.41) is 3.78. The number of rotatable bonds is 2. The van der Waals surface area contributed by atoms with Crippen LogP contribution in [0.15, 0.2) is 18.2 Å². The maximum Gasteiger partial charge on any atom is 0.127 e. The molecule has 82 valence electrons. The van der Waals surface area contributed by atoms with E-state index in [0.29, 0.717) is 10.9 Å². The third kappa shape index (κ3) is 2.93. The van der Waals surface area contributed by atoms with Crippen molar-refractivity contribution in [2.75, 3.05) is 13.1 Å². The first kappa shape index (κ1) is 10.9. The largest absolute Gasteiger partial charge is 0.317 e. The van der Waals surface area contributed by atoms with Gasteiger partial charge in [-0.2, -0.15) is 0 Å². The van der Waals surface area contributed by atoms with Crippen molar-refractivity contribution in [2.24, 2.45) is 5.92 Å². The van der Waals surface area contributed by atoms with E-state index in [1.54, 1.807) is 12.1 Å². The highest BCUT2D eigenvalue weighted by Crippen LogP contribution is 2.21. The molecule has 0 aromatic heterocycles. The summed E-state index contributed by atoms with van der Waals surface area (Å²) in [6.07, 6.45) is 3.12. The topological polar surface area (TPSA) is 12.0 Å². The SMILES string of the molecule is Fc1cc(Cl)ccc1CC1CCNCC1. The van der Waals surface area contributed by atoms with Crippen molar-refractivity contribution < 1.29 is 4.39 Å². The number of piperidine rings is 1. The van der Waals surface area contributed by atoms with E-state index in [4.69, 9.17) is 11.6 Å². The molecule has 0 radical (unpaired) electrons. The number of hydrogen-bond acceptors (Lipinski definition) is 1. The van der Waals surface area contributed by atoms with Crippen LogP contribution in [-0.2, 0) is 6.42 Å². The van der Waals surface area contributed by atoms with Gasteiger partial charge >= 0.3 is 0 Å². The van der Waals surface area contributed by atoms with Gasteiger partial charge in [-0.3, -0.25) is 0 Å². The van der Waals surface area contributed by atoms with Gasteiger partial charge in [0.15, 0.2) is 0 Å². The van der Waals surface area contributed by atoms with E-state index in [-0.39, 0.29) is 5.82 Å². The molecule has 0 aliphatic carbocycles. The number of halogens is 2. The molecule has 1 aliphatic heterocycles. The van der Waals surface area contributed by atoms with Gasteiger partial charge in [0, 0.05) is 5.02 Å². The average Bonchev–Trinajstić information content (AvgIpc) is 2.24. The fraction of sp³-hybridized carbons (Fsp3) is 0.500. The summed E-state index contributed by atoms with van der Waals surface area (Å²) in [7, 11) is 0. The normalized spacial score (nSPS) is 18.0. The van der Waals surface area contributed by atoms with Gasteiger partial charge in [0.25, 0.3) is 0 Å². The molecule has 1 N–H and O–H groups in total. The Balaban J connectivity index is 2.03. The fourth-order valence-electron chi connectivity index (χ4n) is 2.08. The van der Waals surface area contributed by atoms with E-state index in [0.717, 1.165) is 37.9 Å². The maximum absolute atomic E-state index is 13.5. The van der Waals surface area contributed by atoms with Crippen molar-refractivity contribution in [3.8, 4) is 0 Å². The van der Waals surface area contributed by atoms with Crippen LogP contribution >= 0.6 is 11.6 Å². The summed E-state index contributed by atoms with van der Waals surface area (Å²) in [5.41, 5.74) is 0.798. The minimum absolute atomic E-state index is 0.166. The molecule has 1 aliphatic rings. The Bertz CT molecular complexity index is 334. The van der Waals surface area contributed by atoms with E-state index >= 15 is 0 Å². The van der Waals surface area contributed by atoms with Crippen LogP contribution < -0.4 is 5.32 Å². The second-order valence-corrected chi connectivity index (χ2v) is 4.57. The summed E-state index contributed by atoms with van der Waals surface area (Å²) in [5.74, 6) is 0.447. The van der Waals surface area contributed by atoms with Crippen molar-refractivity contribution >= 4 is 11.6 Å². The molecule has 0 spiro atoms. The molecular formula is C12H15ClFN. The molecule has 1 aromatic carbocycles. The molecule has 1 fully saturated rings. The summed E-state index contributed by atoms with van der Waals surface area (Å²) >= 11 is 5.71. The Morgan fingerprint density at radius 2 is 2.07 bits per heavy atom. The second-order valence-electron chi connectivity index (χ2n) is 4.13. The zero-order chi connectivity index (χ0) is 10.7. The molecule has 3 heteroatoms. The zero-order valence-corrected chi connectivity index (χ0v) is 9.36. The lowest BCUT2D eigenvalue weighted by Crippen LogP contribution is -2.28. The number of hydrogen-bond donors (Lipinski definition) is 1. The quantitative estimate of drug-likeness (QED) is 0.819. The third-order valence-electron chi connectivity index (χ3n) is 2.98. The van der Waals surface area contributed by atoms with Crippen molar-refractivity contribution in [3.05, 3.63) is 34.6 Å². The van der Waals surface area contributed by atoms with Gasteiger partial charge in [0.05, 0.1) is 0 Å². The standard InChI is InChI=1S/C12H15ClFN/c13-11-2-1-10(12(14)8-11)7-9-3-5-15-6-4-9/h1-2,8-9,15H,3-7H2. The molecule has 0 unspecified atom stereocenters. The number of benzene rings is 1. The van der Waals surface area contributed by atoms with E-state index in [9.17, 15) is 4.39 Å². The monoisotopic (exact) mass is 227 g/mol. The molecule has 1 heterocycles. The van der Waals surface area contributed by atoms with E-state index < -0.39 is 0 Å². The maximum atomic E-state index is 13.5. The Hall–Kier alpha value is -0.600. The predicted molar refractivity (Wildman–Crippen MR) is 60.7 cm³/mol.